The van der Waals surface area contributed by atoms with E-state index in [1.54, 1.807) is 25.3 Å². The summed E-state index contributed by atoms with van der Waals surface area (Å²) in [5.74, 6) is 0.796. The van der Waals surface area contributed by atoms with Gasteiger partial charge in [-0.15, -0.1) is 0 Å². The van der Waals surface area contributed by atoms with Gasteiger partial charge < -0.3 is 14.4 Å². The summed E-state index contributed by atoms with van der Waals surface area (Å²) in [6, 6.07) is 2.07. The van der Waals surface area contributed by atoms with E-state index >= 15 is 0 Å². The number of carbonyl (C=O) groups is 1. The molecule has 0 radical (unpaired) electrons. The number of benzene rings is 1. The molecule has 3 aromatic rings. The molecule has 2 aromatic heterocycles. The van der Waals surface area contributed by atoms with Crippen LogP contribution in [0.5, 0.6) is 5.75 Å². The van der Waals surface area contributed by atoms with Gasteiger partial charge in [0, 0.05) is 28.6 Å². The summed E-state index contributed by atoms with van der Waals surface area (Å²) >= 11 is 0. The van der Waals surface area contributed by atoms with Crippen molar-refractivity contribution in [3.05, 3.63) is 55.4 Å². The average molecular weight is 504 g/mol. The molecular weight excluding hydrogens is 466 g/mol. The third-order valence-electron chi connectivity index (χ3n) is 9.03. The Morgan fingerprint density at radius 1 is 1.14 bits per heavy atom. The molecule has 1 atom stereocenters. The molecule has 1 N–H and O–H groups in total. The minimum Gasteiger partial charge on any atom is -0.478 e. The number of hydrogen-bond acceptors (Lipinski definition) is 6. The van der Waals surface area contributed by atoms with E-state index < -0.39 is 11.0 Å². The zero-order valence-corrected chi connectivity index (χ0v) is 23.4. The summed E-state index contributed by atoms with van der Waals surface area (Å²) < 4.78 is 7.88. The topological polar surface area (TPSA) is 84.7 Å². The quantitative estimate of drug-likeness (QED) is 0.441. The highest BCUT2D eigenvalue weighted by Gasteiger charge is 2.48. The Labute approximate surface area is 218 Å². The van der Waals surface area contributed by atoms with Gasteiger partial charge in [0.25, 0.3) is 5.56 Å². The maximum absolute atomic E-state index is 13.9. The number of pyridine rings is 2. The van der Waals surface area contributed by atoms with Crippen LogP contribution in [0.25, 0.3) is 22.3 Å². The summed E-state index contributed by atoms with van der Waals surface area (Å²) in [7, 11) is 2.04. The highest BCUT2D eigenvalue weighted by molar-refractivity contribution is 5.93. The van der Waals surface area contributed by atoms with Crippen molar-refractivity contribution in [2.45, 2.75) is 80.5 Å². The second-order valence-electron chi connectivity index (χ2n) is 11.6. The average Bonchev–Trinajstić information content (AvgIpc) is 3.21. The minimum atomic E-state index is -1.53. The monoisotopic (exact) mass is 503 g/mol. The molecule has 5 rings (SSSR count). The van der Waals surface area contributed by atoms with Crippen LogP contribution < -0.4 is 10.3 Å². The maximum Gasteiger partial charge on any atom is 0.254 e. The second kappa shape index (κ2) is 8.23. The number of rotatable bonds is 4. The lowest BCUT2D eigenvalue weighted by atomic mass is 9.67. The summed E-state index contributed by atoms with van der Waals surface area (Å²) in [5.41, 5.74) is 5.88. The first-order valence-corrected chi connectivity index (χ1v) is 13.0. The fraction of sp³-hybridized carbons (Fsp3) is 0.500. The third kappa shape index (κ3) is 3.36. The molecule has 2 aliphatic heterocycles. The van der Waals surface area contributed by atoms with Gasteiger partial charge in [0.1, 0.15) is 18.3 Å². The third-order valence-corrected chi connectivity index (χ3v) is 9.03. The Hall–Kier alpha value is -3.03. The van der Waals surface area contributed by atoms with E-state index in [1.165, 1.54) is 6.92 Å². The van der Waals surface area contributed by atoms with Gasteiger partial charge in [0.15, 0.2) is 0 Å². The molecule has 0 amide bonds. The fourth-order valence-electron chi connectivity index (χ4n) is 6.28. The first-order valence-electron chi connectivity index (χ1n) is 13.0. The van der Waals surface area contributed by atoms with E-state index in [1.807, 2.05) is 27.8 Å². The standard InChI is InChI=1S/C30H37N3O4/c1-10-19-24(30(8,36)29(6,7)18(5)34)17(4)26-25-20(13-33(26)28(19)35)16(3)23-21-12-32(9)14-37-27(21)15(2)11-22(23)31-25/h11,36H,10,12-14H2,1-9H3. The van der Waals surface area contributed by atoms with Crippen LogP contribution in [0.2, 0.25) is 0 Å². The zero-order valence-electron chi connectivity index (χ0n) is 23.4. The maximum atomic E-state index is 13.9. The highest BCUT2D eigenvalue weighted by atomic mass is 16.5. The van der Waals surface area contributed by atoms with E-state index in [0.29, 0.717) is 30.8 Å². The number of carbonyl (C=O) groups excluding carboxylic acids is 1. The van der Waals surface area contributed by atoms with Crippen LogP contribution in [0, 0.1) is 26.2 Å². The van der Waals surface area contributed by atoms with Crippen LogP contribution in [0.15, 0.2) is 10.9 Å². The van der Waals surface area contributed by atoms with E-state index in [9.17, 15) is 14.7 Å². The van der Waals surface area contributed by atoms with E-state index in [4.69, 9.17) is 9.72 Å². The van der Waals surface area contributed by atoms with Crippen LogP contribution in [0.3, 0.4) is 0 Å². The number of aryl methyl sites for hydroxylation is 2. The molecule has 7 nitrogen and oxygen atoms in total. The van der Waals surface area contributed by atoms with Crippen molar-refractivity contribution >= 4 is 16.7 Å². The smallest absolute Gasteiger partial charge is 0.254 e. The lowest BCUT2D eigenvalue weighted by molar-refractivity contribution is -0.141. The van der Waals surface area contributed by atoms with Crippen molar-refractivity contribution in [2.24, 2.45) is 5.41 Å². The lowest BCUT2D eigenvalue weighted by Crippen LogP contribution is -2.46. The molecule has 7 heteroatoms. The van der Waals surface area contributed by atoms with Gasteiger partial charge in [0.2, 0.25) is 0 Å². The summed E-state index contributed by atoms with van der Waals surface area (Å²) in [6.07, 6.45) is 0.459. The Kier molecular flexibility index (Phi) is 5.70. The van der Waals surface area contributed by atoms with Crippen molar-refractivity contribution in [2.75, 3.05) is 13.8 Å². The van der Waals surface area contributed by atoms with Crippen molar-refractivity contribution in [1.82, 2.24) is 14.5 Å². The predicted molar refractivity (Wildman–Crippen MR) is 145 cm³/mol. The molecular formula is C30H37N3O4. The number of nitrogens with zero attached hydrogens (tertiary/aromatic N) is 3. The number of ether oxygens (including phenoxy) is 1. The van der Waals surface area contributed by atoms with Crippen LogP contribution in [0.4, 0.5) is 0 Å². The van der Waals surface area contributed by atoms with Crippen molar-refractivity contribution in [1.29, 1.82) is 0 Å². The summed E-state index contributed by atoms with van der Waals surface area (Å²) in [5, 5.41) is 13.0. The van der Waals surface area contributed by atoms with Gasteiger partial charge in [-0.05, 0) is 90.3 Å². The molecule has 0 bridgehead atoms. The largest absolute Gasteiger partial charge is 0.478 e. The molecule has 196 valence electrons. The van der Waals surface area contributed by atoms with E-state index in [2.05, 4.69) is 17.9 Å². The van der Waals surface area contributed by atoms with Crippen LogP contribution in [0.1, 0.15) is 73.6 Å². The zero-order chi connectivity index (χ0) is 27.2. The van der Waals surface area contributed by atoms with Gasteiger partial charge in [-0.25, -0.2) is 4.98 Å². The molecule has 0 saturated carbocycles. The molecule has 0 aliphatic carbocycles. The van der Waals surface area contributed by atoms with Crippen LogP contribution >= 0.6 is 0 Å². The Morgan fingerprint density at radius 3 is 2.43 bits per heavy atom. The number of hydrogen-bond donors (Lipinski definition) is 1. The molecule has 0 fully saturated rings. The molecule has 37 heavy (non-hydrogen) atoms. The van der Waals surface area contributed by atoms with Gasteiger partial charge in [0.05, 0.1) is 34.5 Å². The lowest BCUT2D eigenvalue weighted by Gasteiger charge is -2.40. The predicted octanol–water partition coefficient (Wildman–Crippen LogP) is 4.52. The van der Waals surface area contributed by atoms with E-state index in [-0.39, 0.29) is 11.3 Å². The second-order valence-corrected chi connectivity index (χ2v) is 11.6. The van der Waals surface area contributed by atoms with Crippen LogP contribution in [-0.4, -0.2) is 39.1 Å². The van der Waals surface area contributed by atoms with Gasteiger partial charge >= 0.3 is 0 Å². The van der Waals surface area contributed by atoms with Gasteiger partial charge in [-0.2, -0.15) is 0 Å². The van der Waals surface area contributed by atoms with Gasteiger partial charge in [-0.1, -0.05) is 6.92 Å². The first kappa shape index (κ1) is 25.6. The van der Waals surface area contributed by atoms with Gasteiger partial charge in [-0.3, -0.25) is 14.5 Å². The summed E-state index contributed by atoms with van der Waals surface area (Å²) in [4.78, 5) is 33.8. The summed E-state index contributed by atoms with van der Waals surface area (Å²) in [6.45, 7) is 16.4. The SMILES string of the molecule is CCc1c(C(C)(O)C(C)(C)C(C)=O)c(C)c2n(c1=O)Cc1c-2nc2cc(C)c3c(c2c1C)CN(C)CO3. The van der Waals surface area contributed by atoms with Crippen molar-refractivity contribution in [3.63, 3.8) is 0 Å². The molecule has 0 spiro atoms. The molecule has 4 heterocycles. The Morgan fingerprint density at radius 2 is 1.81 bits per heavy atom. The molecule has 0 saturated heterocycles. The van der Waals surface area contributed by atoms with Crippen molar-refractivity contribution < 1.29 is 14.6 Å². The molecule has 1 unspecified atom stereocenters. The number of aromatic nitrogens is 2. The number of ketones is 1. The Balaban J connectivity index is 1.85. The fourth-order valence-corrected chi connectivity index (χ4v) is 6.28. The Bertz CT molecular complexity index is 1560. The minimum absolute atomic E-state index is 0.125. The first-order chi connectivity index (χ1) is 17.2. The van der Waals surface area contributed by atoms with E-state index in [0.717, 1.165) is 62.4 Å². The van der Waals surface area contributed by atoms with Crippen molar-refractivity contribution in [3.8, 4) is 17.1 Å². The molecule has 1 aromatic carbocycles. The normalized spacial score (nSPS) is 16.7. The van der Waals surface area contributed by atoms with Crippen LogP contribution in [-0.2, 0) is 29.9 Å². The number of aliphatic hydroxyl groups is 1. The number of Topliss-reactive ketones (excluding diaryl/α,β-unsaturated/α-hetero) is 1. The molecule has 2 aliphatic rings. The highest BCUT2D eigenvalue weighted by Crippen LogP contribution is 2.47. The number of fused-ring (bicyclic) bond motifs is 6.